The van der Waals surface area contributed by atoms with E-state index in [0.29, 0.717) is 12.5 Å². The van der Waals surface area contributed by atoms with Crippen LogP contribution in [0.25, 0.3) is 11.1 Å². The van der Waals surface area contributed by atoms with Gasteiger partial charge in [0.2, 0.25) is 0 Å². The van der Waals surface area contributed by atoms with Gasteiger partial charge in [0.15, 0.2) is 0 Å². The maximum absolute atomic E-state index is 13.8. The van der Waals surface area contributed by atoms with Gasteiger partial charge in [-0.15, -0.1) is 11.8 Å². The number of piperidine rings is 1. The molecule has 1 fully saturated rings. The van der Waals surface area contributed by atoms with Crippen LogP contribution in [0, 0.1) is 5.92 Å². The number of hydrogen-bond acceptors (Lipinski definition) is 3. The number of halogens is 1. The minimum Gasteiger partial charge on any atom is -0.493 e. The lowest BCUT2D eigenvalue weighted by molar-refractivity contribution is 0.0836. The van der Waals surface area contributed by atoms with Crippen LogP contribution in [0.15, 0.2) is 47.4 Å². The summed E-state index contributed by atoms with van der Waals surface area (Å²) in [6, 6.07) is 15.3. The molecule has 0 aromatic heterocycles. The predicted octanol–water partition coefficient (Wildman–Crippen LogP) is 5.84. The Kier molecular flexibility index (Phi) is 5.98. The van der Waals surface area contributed by atoms with Gasteiger partial charge in [0.05, 0.1) is 6.61 Å². The Bertz CT molecular complexity index is 791. The standard InChI is InChI=1S/C24H30FNOS/c1-24(2,25)17-26-12-9-18(10-13-26)16-27-22-6-3-19(4-7-22)20-5-8-23-21(15-20)11-14-28-23/h3-8,15,18H,9-14,16-17H2,1-2H3. The molecule has 0 N–H and O–H groups in total. The summed E-state index contributed by atoms with van der Waals surface area (Å²) in [6.45, 7) is 6.54. The maximum Gasteiger partial charge on any atom is 0.119 e. The SMILES string of the molecule is CC(C)(F)CN1CCC(COc2ccc(-c3ccc4c(c3)CCS4)cc2)CC1. The summed E-state index contributed by atoms with van der Waals surface area (Å²) in [6.07, 6.45) is 3.35. The number of likely N-dealkylation sites (tertiary alicyclic amines) is 1. The molecule has 4 heteroatoms. The monoisotopic (exact) mass is 399 g/mol. The molecule has 2 nitrogen and oxygen atoms in total. The number of rotatable bonds is 6. The van der Waals surface area contributed by atoms with E-state index < -0.39 is 5.67 Å². The Balaban J connectivity index is 1.27. The van der Waals surface area contributed by atoms with E-state index >= 15 is 0 Å². The molecule has 0 amide bonds. The quantitative estimate of drug-likeness (QED) is 0.605. The molecule has 0 bridgehead atoms. The molecule has 0 radical (unpaired) electrons. The van der Waals surface area contributed by atoms with Crippen LogP contribution in [0.2, 0.25) is 0 Å². The first-order valence-corrected chi connectivity index (χ1v) is 11.4. The zero-order valence-electron chi connectivity index (χ0n) is 16.9. The van der Waals surface area contributed by atoms with E-state index in [9.17, 15) is 4.39 Å². The zero-order chi connectivity index (χ0) is 19.6. The Hall–Kier alpha value is -1.52. The molecule has 2 aliphatic heterocycles. The van der Waals surface area contributed by atoms with Crippen molar-refractivity contribution in [2.45, 2.75) is 43.7 Å². The Labute approximate surface area is 172 Å². The van der Waals surface area contributed by atoms with Crippen LogP contribution in [-0.2, 0) is 6.42 Å². The van der Waals surface area contributed by atoms with Crippen molar-refractivity contribution in [3.63, 3.8) is 0 Å². The highest BCUT2D eigenvalue weighted by molar-refractivity contribution is 7.99. The third-order valence-electron chi connectivity index (χ3n) is 5.67. The van der Waals surface area contributed by atoms with Crippen LogP contribution in [0.1, 0.15) is 32.3 Å². The van der Waals surface area contributed by atoms with Gasteiger partial charge in [-0.2, -0.15) is 0 Å². The molecule has 2 aliphatic rings. The number of benzene rings is 2. The Morgan fingerprint density at radius 2 is 1.79 bits per heavy atom. The molecule has 0 aliphatic carbocycles. The molecule has 4 rings (SSSR count). The number of fused-ring (bicyclic) bond motifs is 1. The normalized spacial score (nSPS) is 18.2. The molecular formula is C24H30FNOS. The molecule has 0 atom stereocenters. The Morgan fingerprint density at radius 1 is 1.07 bits per heavy atom. The smallest absolute Gasteiger partial charge is 0.119 e. The first-order chi connectivity index (χ1) is 13.5. The molecule has 1 saturated heterocycles. The van der Waals surface area contributed by atoms with Crippen LogP contribution < -0.4 is 4.74 Å². The van der Waals surface area contributed by atoms with Crippen molar-refractivity contribution in [2.75, 3.05) is 32.0 Å². The third-order valence-corrected chi connectivity index (χ3v) is 6.79. The molecule has 150 valence electrons. The summed E-state index contributed by atoms with van der Waals surface area (Å²) in [5.41, 5.74) is 2.90. The molecule has 2 aromatic carbocycles. The zero-order valence-corrected chi connectivity index (χ0v) is 17.7. The summed E-state index contributed by atoms with van der Waals surface area (Å²) < 4.78 is 19.8. The molecule has 28 heavy (non-hydrogen) atoms. The lowest BCUT2D eigenvalue weighted by Gasteiger charge is -2.34. The lowest BCUT2D eigenvalue weighted by atomic mass is 9.97. The summed E-state index contributed by atoms with van der Waals surface area (Å²) in [4.78, 5) is 3.67. The number of thioether (sulfide) groups is 1. The van der Waals surface area contributed by atoms with Crippen molar-refractivity contribution in [1.29, 1.82) is 0 Å². The van der Waals surface area contributed by atoms with Crippen molar-refractivity contribution in [3.8, 4) is 16.9 Å². The van der Waals surface area contributed by atoms with Gasteiger partial charge in [-0.3, -0.25) is 0 Å². The second-order valence-electron chi connectivity index (χ2n) is 8.69. The van der Waals surface area contributed by atoms with Gasteiger partial charge in [-0.05, 0) is 87.0 Å². The number of alkyl halides is 1. The van der Waals surface area contributed by atoms with Crippen LogP contribution in [-0.4, -0.2) is 42.6 Å². The van der Waals surface area contributed by atoms with E-state index in [0.717, 1.165) is 38.3 Å². The van der Waals surface area contributed by atoms with Gasteiger partial charge in [-0.1, -0.05) is 24.3 Å². The highest BCUT2D eigenvalue weighted by atomic mass is 32.2. The van der Waals surface area contributed by atoms with Gasteiger partial charge in [0.1, 0.15) is 11.4 Å². The average molecular weight is 400 g/mol. The molecule has 0 spiro atoms. The minimum atomic E-state index is -1.11. The molecule has 0 saturated carbocycles. The van der Waals surface area contributed by atoms with E-state index in [1.54, 1.807) is 13.8 Å². The second kappa shape index (κ2) is 8.46. The fourth-order valence-electron chi connectivity index (χ4n) is 4.17. The van der Waals surface area contributed by atoms with E-state index in [-0.39, 0.29) is 0 Å². The topological polar surface area (TPSA) is 12.5 Å². The molecular weight excluding hydrogens is 369 g/mol. The minimum absolute atomic E-state index is 0.531. The summed E-state index contributed by atoms with van der Waals surface area (Å²) in [5, 5.41) is 0. The highest BCUT2D eigenvalue weighted by Gasteiger charge is 2.25. The number of hydrogen-bond donors (Lipinski definition) is 0. The van der Waals surface area contributed by atoms with Crippen LogP contribution in [0.3, 0.4) is 0 Å². The van der Waals surface area contributed by atoms with Gasteiger partial charge in [0.25, 0.3) is 0 Å². The van der Waals surface area contributed by atoms with E-state index in [1.807, 2.05) is 11.8 Å². The maximum atomic E-state index is 13.8. The summed E-state index contributed by atoms with van der Waals surface area (Å²) >= 11 is 1.96. The van der Waals surface area contributed by atoms with Gasteiger partial charge in [-0.25, -0.2) is 4.39 Å². The van der Waals surface area contributed by atoms with Crippen LogP contribution >= 0.6 is 11.8 Å². The highest BCUT2D eigenvalue weighted by Crippen LogP contribution is 2.34. The van der Waals surface area contributed by atoms with Crippen molar-refractivity contribution < 1.29 is 9.13 Å². The van der Waals surface area contributed by atoms with Crippen molar-refractivity contribution in [2.24, 2.45) is 5.92 Å². The van der Waals surface area contributed by atoms with Crippen molar-refractivity contribution in [3.05, 3.63) is 48.0 Å². The molecule has 0 unspecified atom stereocenters. The van der Waals surface area contributed by atoms with E-state index in [1.165, 1.54) is 33.8 Å². The van der Waals surface area contributed by atoms with Crippen molar-refractivity contribution >= 4 is 11.8 Å². The molecule has 2 heterocycles. The van der Waals surface area contributed by atoms with E-state index in [4.69, 9.17) is 4.74 Å². The Morgan fingerprint density at radius 3 is 2.50 bits per heavy atom. The number of aryl methyl sites for hydroxylation is 1. The average Bonchev–Trinajstić information content (AvgIpc) is 3.14. The third kappa shape index (κ3) is 5.09. The number of ether oxygens (including phenoxy) is 1. The second-order valence-corrected chi connectivity index (χ2v) is 9.83. The fourth-order valence-corrected chi connectivity index (χ4v) is 5.22. The lowest BCUT2D eigenvalue weighted by Crippen LogP contribution is -2.41. The fraction of sp³-hybridized carbons (Fsp3) is 0.500. The van der Waals surface area contributed by atoms with Crippen LogP contribution in [0.4, 0.5) is 4.39 Å². The molecule has 2 aromatic rings. The van der Waals surface area contributed by atoms with Gasteiger partial charge in [0, 0.05) is 17.2 Å². The first kappa shape index (κ1) is 19.8. The number of nitrogens with zero attached hydrogens (tertiary/aromatic N) is 1. The van der Waals surface area contributed by atoms with Crippen molar-refractivity contribution in [1.82, 2.24) is 4.90 Å². The summed E-state index contributed by atoms with van der Waals surface area (Å²) in [7, 11) is 0. The van der Waals surface area contributed by atoms with E-state index in [2.05, 4.69) is 47.4 Å². The predicted molar refractivity (Wildman–Crippen MR) is 116 cm³/mol. The van der Waals surface area contributed by atoms with Gasteiger partial charge < -0.3 is 9.64 Å². The van der Waals surface area contributed by atoms with Crippen LogP contribution in [0.5, 0.6) is 5.75 Å². The first-order valence-electron chi connectivity index (χ1n) is 10.4. The largest absolute Gasteiger partial charge is 0.493 e. The summed E-state index contributed by atoms with van der Waals surface area (Å²) in [5.74, 6) is 2.70. The van der Waals surface area contributed by atoms with Gasteiger partial charge >= 0.3 is 0 Å².